The second kappa shape index (κ2) is 6.76. The summed E-state index contributed by atoms with van der Waals surface area (Å²) in [6.45, 7) is 5.25. The van der Waals surface area contributed by atoms with E-state index in [9.17, 15) is 8.42 Å². The molecule has 7 heteroatoms. The number of rotatable bonds is 5. The Balaban J connectivity index is 1.72. The zero-order chi connectivity index (χ0) is 17.2. The molecule has 128 valence electrons. The molecule has 0 spiro atoms. The minimum atomic E-state index is -3.15. The molecule has 1 N–H and O–H groups in total. The number of aromatic nitrogens is 2. The Bertz CT molecular complexity index is 821. The second-order valence-electron chi connectivity index (χ2n) is 6.22. The van der Waals surface area contributed by atoms with Crippen molar-refractivity contribution >= 4 is 21.5 Å². The van der Waals surface area contributed by atoms with Crippen molar-refractivity contribution in [3.63, 3.8) is 0 Å². The van der Waals surface area contributed by atoms with Crippen LogP contribution in [-0.2, 0) is 16.6 Å². The van der Waals surface area contributed by atoms with E-state index >= 15 is 0 Å². The van der Waals surface area contributed by atoms with Crippen LogP contribution in [0.2, 0.25) is 0 Å². The predicted molar refractivity (Wildman–Crippen MR) is 95.6 cm³/mol. The summed E-state index contributed by atoms with van der Waals surface area (Å²) in [4.78, 5) is 8.73. The van der Waals surface area contributed by atoms with Gasteiger partial charge in [-0.25, -0.2) is 18.4 Å². The summed E-state index contributed by atoms with van der Waals surface area (Å²) in [6, 6.07) is 9.46. The third-order valence-electron chi connectivity index (χ3n) is 3.96. The zero-order valence-corrected chi connectivity index (χ0v) is 14.8. The molecule has 0 amide bonds. The van der Waals surface area contributed by atoms with E-state index in [1.807, 2.05) is 30.3 Å². The van der Waals surface area contributed by atoms with Crippen molar-refractivity contribution in [2.24, 2.45) is 0 Å². The molecule has 1 aliphatic rings. The molecule has 0 saturated carbocycles. The summed E-state index contributed by atoms with van der Waals surface area (Å²) in [5.74, 6) is 2.08. The van der Waals surface area contributed by atoms with Crippen LogP contribution in [0.15, 0.2) is 36.5 Å². The first-order valence-electron chi connectivity index (χ1n) is 8.12. The zero-order valence-electron chi connectivity index (χ0n) is 13.9. The lowest BCUT2D eigenvalue weighted by Crippen LogP contribution is -2.25. The SMILES string of the molecule is CC(C)c1nccc(NCc2cccc(N3CCCS3(=O)=O)c2)n1. The lowest BCUT2D eigenvalue weighted by Gasteiger charge is -2.18. The molecule has 1 aromatic heterocycles. The Morgan fingerprint density at radius 2 is 2.12 bits per heavy atom. The normalized spacial score (nSPS) is 16.5. The molecular formula is C17H22N4O2S. The van der Waals surface area contributed by atoms with Crippen molar-refractivity contribution < 1.29 is 8.42 Å². The molecule has 1 saturated heterocycles. The van der Waals surface area contributed by atoms with Crippen LogP contribution in [-0.4, -0.2) is 30.7 Å². The van der Waals surface area contributed by atoms with E-state index in [0.717, 1.165) is 22.9 Å². The number of sulfonamides is 1. The highest BCUT2D eigenvalue weighted by Crippen LogP contribution is 2.25. The summed E-state index contributed by atoms with van der Waals surface area (Å²) in [6.07, 6.45) is 2.43. The third kappa shape index (κ3) is 3.67. The van der Waals surface area contributed by atoms with Gasteiger partial charge in [-0.05, 0) is 30.2 Å². The molecule has 0 bridgehead atoms. The number of nitrogens with zero attached hydrogens (tertiary/aromatic N) is 3. The van der Waals surface area contributed by atoms with Crippen LogP contribution in [0, 0.1) is 0 Å². The fourth-order valence-corrected chi connectivity index (χ4v) is 4.25. The average Bonchev–Trinajstić information content (AvgIpc) is 2.93. The molecule has 0 atom stereocenters. The summed E-state index contributed by atoms with van der Waals surface area (Å²) < 4.78 is 25.6. The molecule has 2 heterocycles. The summed E-state index contributed by atoms with van der Waals surface area (Å²) in [5, 5.41) is 3.28. The molecule has 24 heavy (non-hydrogen) atoms. The Morgan fingerprint density at radius 1 is 1.29 bits per heavy atom. The van der Waals surface area contributed by atoms with Gasteiger partial charge in [0.15, 0.2) is 0 Å². The monoisotopic (exact) mass is 346 g/mol. The van der Waals surface area contributed by atoms with Gasteiger partial charge >= 0.3 is 0 Å². The van der Waals surface area contributed by atoms with Crippen molar-refractivity contribution in [1.29, 1.82) is 0 Å². The molecule has 2 aromatic rings. The van der Waals surface area contributed by atoms with Crippen LogP contribution in [0.1, 0.15) is 37.6 Å². The van der Waals surface area contributed by atoms with Crippen LogP contribution < -0.4 is 9.62 Å². The first kappa shape index (κ1) is 16.7. The molecule has 1 fully saturated rings. The van der Waals surface area contributed by atoms with Crippen LogP contribution in [0.3, 0.4) is 0 Å². The minimum Gasteiger partial charge on any atom is -0.366 e. The van der Waals surface area contributed by atoms with Crippen LogP contribution in [0.4, 0.5) is 11.5 Å². The van der Waals surface area contributed by atoms with Crippen LogP contribution in [0.25, 0.3) is 0 Å². The molecule has 3 rings (SSSR count). The first-order chi connectivity index (χ1) is 11.5. The van der Waals surface area contributed by atoms with Gasteiger partial charge in [0, 0.05) is 25.2 Å². The number of hydrogen-bond donors (Lipinski definition) is 1. The van der Waals surface area contributed by atoms with Crippen LogP contribution >= 0.6 is 0 Å². The Kier molecular flexibility index (Phi) is 4.71. The van der Waals surface area contributed by atoms with Gasteiger partial charge in [-0.15, -0.1) is 0 Å². The van der Waals surface area contributed by atoms with Gasteiger partial charge in [0.1, 0.15) is 11.6 Å². The molecule has 6 nitrogen and oxygen atoms in total. The maximum Gasteiger partial charge on any atom is 0.235 e. The second-order valence-corrected chi connectivity index (χ2v) is 8.23. The van der Waals surface area contributed by atoms with E-state index in [1.54, 1.807) is 6.20 Å². The maximum absolute atomic E-state index is 12.0. The largest absolute Gasteiger partial charge is 0.366 e. The van der Waals surface area contributed by atoms with Crippen molar-refractivity contribution in [2.75, 3.05) is 21.9 Å². The quantitative estimate of drug-likeness (QED) is 0.901. The predicted octanol–water partition coefficient (Wildman–Crippen LogP) is 2.75. The highest BCUT2D eigenvalue weighted by molar-refractivity contribution is 7.93. The van der Waals surface area contributed by atoms with Crippen molar-refractivity contribution in [1.82, 2.24) is 9.97 Å². The topological polar surface area (TPSA) is 75.2 Å². The number of nitrogens with one attached hydrogen (secondary N) is 1. The molecular weight excluding hydrogens is 324 g/mol. The standard InChI is InChI=1S/C17H22N4O2S/c1-13(2)17-18-8-7-16(20-17)19-12-14-5-3-6-15(11-14)21-9-4-10-24(21,22)23/h3,5-8,11,13H,4,9-10,12H2,1-2H3,(H,18,19,20). The molecule has 1 aliphatic heterocycles. The van der Waals surface area contributed by atoms with E-state index in [2.05, 4.69) is 29.1 Å². The molecule has 0 aliphatic carbocycles. The number of anilines is 2. The maximum atomic E-state index is 12.0. The van der Waals surface area contributed by atoms with Gasteiger partial charge in [0.2, 0.25) is 10.0 Å². The Labute approximate surface area is 143 Å². The van der Waals surface area contributed by atoms with Crippen molar-refractivity contribution in [2.45, 2.75) is 32.7 Å². The van der Waals surface area contributed by atoms with Crippen molar-refractivity contribution in [3.8, 4) is 0 Å². The van der Waals surface area contributed by atoms with E-state index < -0.39 is 10.0 Å². The number of benzene rings is 1. The van der Waals surface area contributed by atoms with E-state index in [0.29, 0.717) is 19.5 Å². The van der Waals surface area contributed by atoms with E-state index in [-0.39, 0.29) is 11.7 Å². The summed E-state index contributed by atoms with van der Waals surface area (Å²) >= 11 is 0. The first-order valence-corrected chi connectivity index (χ1v) is 9.73. The van der Waals surface area contributed by atoms with E-state index in [4.69, 9.17) is 0 Å². The highest BCUT2D eigenvalue weighted by Gasteiger charge is 2.28. The van der Waals surface area contributed by atoms with Gasteiger partial charge < -0.3 is 5.32 Å². The van der Waals surface area contributed by atoms with Crippen molar-refractivity contribution in [3.05, 3.63) is 47.9 Å². The summed E-state index contributed by atoms with van der Waals surface area (Å²) in [5.41, 5.74) is 1.75. The molecule has 0 radical (unpaired) electrons. The minimum absolute atomic E-state index is 0.231. The fourth-order valence-electron chi connectivity index (χ4n) is 2.69. The van der Waals surface area contributed by atoms with Gasteiger partial charge in [0.05, 0.1) is 11.4 Å². The van der Waals surface area contributed by atoms with Gasteiger partial charge in [-0.3, -0.25) is 4.31 Å². The lowest BCUT2D eigenvalue weighted by atomic mass is 10.2. The van der Waals surface area contributed by atoms with Gasteiger partial charge in [0.25, 0.3) is 0 Å². The lowest BCUT2D eigenvalue weighted by molar-refractivity contribution is 0.599. The summed E-state index contributed by atoms with van der Waals surface area (Å²) in [7, 11) is -3.15. The Hall–Kier alpha value is -2.15. The van der Waals surface area contributed by atoms with Gasteiger partial charge in [-0.1, -0.05) is 26.0 Å². The van der Waals surface area contributed by atoms with Gasteiger partial charge in [-0.2, -0.15) is 0 Å². The Morgan fingerprint density at radius 3 is 2.83 bits per heavy atom. The average molecular weight is 346 g/mol. The smallest absolute Gasteiger partial charge is 0.235 e. The third-order valence-corrected chi connectivity index (χ3v) is 5.83. The molecule has 0 unspecified atom stereocenters. The number of hydrogen-bond acceptors (Lipinski definition) is 5. The van der Waals surface area contributed by atoms with E-state index in [1.165, 1.54) is 4.31 Å². The molecule has 1 aromatic carbocycles. The van der Waals surface area contributed by atoms with Crippen LogP contribution in [0.5, 0.6) is 0 Å². The highest BCUT2D eigenvalue weighted by atomic mass is 32.2. The fraction of sp³-hybridized carbons (Fsp3) is 0.412.